The van der Waals surface area contributed by atoms with Gasteiger partial charge >= 0.3 is 0 Å². The van der Waals surface area contributed by atoms with Crippen LogP contribution < -0.4 is 9.47 Å². The summed E-state index contributed by atoms with van der Waals surface area (Å²) >= 11 is 0. The molecule has 2 aliphatic heterocycles. The first kappa shape index (κ1) is 19.1. The van der Waals surface area contributed by atoms with Gasteiger partial charge in [0.05, 0.1) is 5.92 Å². The van der Waals surface area contributed by atoms with Crippen LogP contribution in [0.15, 0.2) is 32.0 Å². The summed E-state index contributed by atoms with van der Waals surface area (Å²) in [6.07, 6.45) is 1.45. The Morgan fingerprint density at radius 2 is 1.97 bits per heavy atom. The van der Waals surface area contributed by atoms with Gasteiger partial charge in [0, 0.05) is 18.7 Å². The number of aryl methyl sites for hydroxylation is 2. The molecule has 2 aliphatic rings. The summed E-state index contributed by atoms with van der Waals surface area (Å²) in [5.74, 6) is 2.17. The van der Waals surface area contributed by atoms with E-state index in [9.17, 15) is 8.42 Å². The lowest BCUT2D eigenvalue weighted by atomic mass is 10.00. The van der Waals surface area contributed by atoms with Gasteiger partial charge in [0.15, 0.2) is 17.3 Å². The van der Waals surface area contributed by atoms with E-state index in [4.69, 9.17) is 18.4 Å². The highest BCUT2D eigenvalue weighted by Gasteiger charge is 2.36. The third-order valence-corrected chi connectivity index (χ3v) is 7.47. The first-order valence-corrected chi connectivity index (χ1v) is 11.0. The molecule has 0 radical (unpaired) electrons. The Morgan fingerprint density at radius 1 is 1.13 bits per heavy atom. The fourth-order valence-electron chi connectivity index (χ4n) is 3.88. The van der Waals surface area contributed by atoms with Crippen LogP contribution in [-0.2, 0) is 10.0 Å². The number of hydrogen-bond donors (Lipinski definition) is 0. The predicted octanol–water partition coefficient (Wildman–Crippen LogP) is 2.64. The maximum absolute atomic E-state index is 13.1. The van der Waals surface area contributed by atoms with Crippen LogP contribution in [0.1, 0.15) is 36.1 Å². The lowest BCUT2D eigenvalue weighted by molar-refractivity contribution is 0.174. The molecule has 3 aromatic rings. The number of aromatic nitrogens is 3. The molecule has 0 spiro atoms. The zero-order chi connectivity index (χ0) is 20.9. The molecule has 10 nitrogen and oxygen atoms in total. The fourth-order valence-corrected chi connectivity index (χ4v) is 5.70. The smallest absolute Gasteiger partial charge is 0.248 e. The normalized spacial score (nSPS) is 19.3. The summed E-state index contributed by atoms with van der Waals surface area (Å²) in [7, 11) is -3.72. The lowest BCUT2D eigenvalue weighted by Crippen LogP contribution is -2.39. The topological polar surface area (TPSA) is 121 Å². The van der Waals surface area contributed by atoms with Gasteiger partial charge in [0.2, 0.25) is 28.6 Å². The number of hydrogen-bond acceptors (Lipinski definition) is 9. The van der Waals surface area contributed by atoms with E-state index in [1.165, 1.54) is 4.31 Å². The van der Waals surface area contributed by atoms with E-state index in [1.807, 2.05) is 6.07 Å². The largest absolute Gasteiger partial charge is 0.454 e. The number of benzene rings is 1. The van der Waals surface area contributed by atoms with Crippen LogP contribution >= 0.6 is 0 Å². The molecule has 1 saturated heterocycles. The Labute approximate surface area is 172 Å². The molecule has 1 atom stereocenters. The quantitative estimate of drug-likeness (QED) is 0.612. The molecule has 4 heterocycles. The second-order valence-electron chi connectivity index (χ2n) is 7.37. The van der Waals surface area contributed by atoms with Crippen LogP contribution in [0.3, 0.4) is 0 Å². The molecule has 11 heteroatoms. The summed E-state index contributed by atoms with van der Waals surface area (Å²) in [4.78, 5) is 0.134. The van der Waals surface area contributed by atoms with Crippen molar-refractivity contribution >= 4 is 10.0 Å². The van der Waals surface area contributed by atoms with Crippen LogP contribution in [0.2, 0.25) is 0 Å². The summed E-state index contributed by atoms with van der Waals surface area (Å²) < 4.78 is 49.4. The molecule has 0 saturated carbocycles. The summed E-state index contributed by atoms with van der Waals surface area (Å²) in [5, 5.41) is 12.1. The highest BCUT2D eigenvalue weighted by molar-refractivity contribution is 7.89. The van der Waals surface area contributed by atoms with Gasteiger partial charge in [-0.05, 0) is 44.9 Å². The molecule has 0 aliphatic carbocycles. The Hall–Kier alpha value is -2.92. The molecule has 158 valence electrons. The summed E-state index contributed by atoms with van der Waals surface area (Å²) in [6.45, 7) is 4.09. The van der Waals surface area contributed by atoms with E-state index in [0.29, 0.717) is 47.5 Å². The van der Waals surface area contributed by atoms with Gasteiger partial charge in [-0.15, -0.1) is 10.2 Å². The average molecular weight is 432 g/mol. The molecule has 0 N–H and O–H groups in total. The number of rotatable bonds is 4. The van der Waals surface area contributed by atoms with Gasteiger partial charge in [-0.1, -0.05) is 5.16 Å². The minimum absolute atomic E-state index is 0.134. The van der Waals surface area contributed by atoms with Crippen molar-refractivity contribution in [1.82, 2.24) is 19.7 Å². The number of sulfonamides is 1. The second kappa shape index (κ2) is 7.10. The van der Waals surface area contributed by atoms with Crippen molar-refractivity contribution < 1.29 is 26.8 Å². The predicted molar refractivity (Wildman–Crippen MR) is 103 cm³/mol. The minimum Gasteiger partial charge on any atom is -0.454 e. The van der Waals surface area contributed by atoms with Crippen LogP contribution in [0.4, 0.5) is 0 Å². The van der Waals surface area contributed by atoms with Crippen molar-refractivity contribution in [1.29, 1.82) is 0 Å². The van der Waals surface area contributed by atoms with Crippen molar-refractivity contribution in [2.45, 2.75) is 37.5 Å². The number of ether oxygens (including phenoxy) is 2. The van der Waals surface area contributed by atoms with Gasteiger partial charge in [-0.3, -0.25) is 0 Å². The molecule has 30 heavy (non-hydrogen) atoms. The Kier molecular flexibility index (Phi) is 4.51. The molecule has 0 amide bonds. The standard InChI is InChI=1S/C19H20N4O6S/c1-11-17(12(2)29-22-11)30(24,25)23-7-3-4-14(9-23)19-21-20-18(28-19)13-5-6-15-16(8-13)27-10-26-15/h5-6,8,14H,3-4,7,9-10H2,1-2H3. The van der Waals surface area contributed by atoms with Crippen LogP contribution in [0.5, 0.6) is 11.5 Å². The molecular formula is C19H20N4O6S. The van der Waals surface area contributed by atoms with Gasteiger partial charge in [0.1, 0.15) is 10.6 Å². The maximum atomic E-state index is 13.1. The van der Waals surface area contributed by atoms with Crippen LogP contribution in [0.25, 0.3) is 11.5 Å². The molecular weight excluding hydrogens is 412 g/mol. The zero-order valence-corrected chi connectivity index (χ0v) is 17.3. The number of fused-ring (bicyclic) bond motifs is 1. The van der Waals surface area contributed by atoms with Crippen LogP contribution in [-0.4, -0.2) is 48.0 Å². The van der Waals surface area contributed by atoms with Crippen molar-refractivity contribution in [3.63, 3.8) is 0 Å². The number of piperidine rings is 1. The van der Waals surface area contributed by atoms with E-state index in [-0.39, 0.29) is 29.9 Å². The highest BCUT2D eigenvalue weighted by atomic mass is 32.2. The van der Waals surface area contributed by atoms with Crippen LogP contribution in [0, 0.1) is 13.8 Å². The third-order valence-electron chi connectivity index (χ3n) is 5.36. The van der Waals surface area contributed by atoms with Crippen molar-refractivity contribution in [2.24, 2.45) is 0 Å². The lowest BCUT2D eigenvalue weighted by Gasteiger charge is -2.30. The molecule has 0 bridgehead atoms. The Balaban J connectivity index is 1.38. The van der Waals surface area contributed by atoms with E-state index in [1.54, 1.807) is 26.0 Å². The van der Waals surface area contributed by atoms with Crippen molar-refractivity contribution in [3.8, 4) is 23.0 Å². The first-order valence-electron chi connectivity index (χ1n) is 9.60. The molecule has 1 aromatic carbocycles. The van der Waals surface area contributed by atoms with E-state index in [2.05, 4.69) is 15.4 Å². The van der Waals surface area contributed by atoms with Gasteiger partial charge in [-0.2, -0.15) is 4.31 Å². The fraction of sp³-hybridized carbons (Fsp3) is 0.421. The monoisotopic (exact) mass is 432 g/mol. The molecule has 1 unspecified atom stereocenters. The first-order chi connectivity index (χ1) is 14.4. The summed E-state index contributed by atoms with van der Waals surface area (Å²) in [5.41, 5.74) is 1.08. The Bertz CT molecular complexity index is 1180. The van der Waals surface area contributed by atoms with Gasteiger partial charge in [-0.25, -0.2) is 8.42 Å². The van der Waals surface area contributed by atoms with Crippen molar-refractivity contribution in [3.05, 3.63) is 35.5 Å². The van der Waals surface area contributed by atoms with Gasteiger partial charge in [0.25, 0.3) is 0 Å². The maximum Gasteiger partial charge on any atom is 0.248 e. The third kappa shape index (κ3) is 3.14. The van der Waals surface area contributed by atoms with E-state index >= 15 is 0 Å². The van der Waals surface area contributed by atoms with Crippen molar-refractivity contribution in [2.75, 3.05) is 19.9 Å². The zero-order valence-electron chi connectivity index (χ0n) is 16.5. The Morgan fingerprint density at radius 3 is 2.77 bits per heavy atom. The summed E-state index contributed by atoms with van der Waals surface area (Å²) in [6, 6.07) is 5.40. The second-order valence-corrected chi connectivity index (χ2v) is 9.24. The average Bonchev–Trinajstić information content (AvgIpc) is 3.47. The number of nitrogens with zero attached hydrogens (tertiary/aromatic N) is 4. The van der Waals surface area contributed by atoms with Gasteiger partial charge < -0.3 is 18.4 Å². The highest BCUT2D eigenvalue weighted by Crippen LogP contribution is 2.37. The van der Waals surface area contributed by atoms with E-state index in [0.717, 1.165) is 6.42 Å². The molecule has 5 rings (SSSR count). The molecule has 1 fully saturated rings. The van der Waals surface area contributed by atoms with E-state index < -0.39 is 10.0 Å². The molecule has 2 aromatic heterocycles. The SMILES string of the molecule is Cc1noc(C)c1S(=O)(=O)N1CCCC(c2nnc(-c3ccc4c(c3)OCO4)o2)C1. The minimum atomic E-state index is -3.72.